The maximum atomic E-state index is 11.4. The van der Waals surface area contributed by atoms with Crippen LogP contribution in [0.15, 0.2) is 42.9 Å². The summed E-state index contributed by atoms with van der Waals surface area (Å²) in [6, 6.07) is 7.67. The largest absolute Gasteiger partial charge is 0.481 e. The van der Waals surface area contributed by atoms with Gasteiger partial charge in [-0.05, 0) is 43.2 Å². The Bertz CT molecular complexity index is 825. The average Bonchev–Trinajstić information content (AvgIpc) is 2.80. The summed E-state index contributed by atoms with van der Waals surface area (Å²) >= 11 is 0. The van der Waals surface area contributed by atoms with Crippen LogP contribution in [-0.4, -0.2) is 25.6 Å². The Hall–Kier alpha value is -2.69. The molecular weight excluding hydrogens is 278 g/mol. The van der Waals surface area contributed by atoms with Gasteiger partial charge < -0.3 is 9.67 Å². The summed E-state index contributed by atoms with van der Waals surface area (Å²) in [5.41, 5.74) is 3.64. The number of hydrogen-bond donors (Lipinski definition) is 1. The number of nitrogens with zero attached hydrogens (tertiary/aromatic N) is 3. The topological polar surface area (TPSA) is 68.0 Å². The maximum absolute atomic E-state index is 11.4. The Morgan fingerprint density at radius 3 is 2.77 bits per heavy atom. The Kier molecular flexibility index (Phi) is 3.63. The molecule has 5 nitrogen and oxygen atoms in total. The van der Waals surface area contributed by atoms with Crippen LogP contribution in [0, 0.1) is 6.92 Å². The van der Waals surface area contributed by atoms with Crippen LogP contribution in [0.2, 0.25) is 0 Å². The highest BCUT2D eigenvalue weighted by atomic mass is 16.4. The van der Waals surface area contributed by atoms with Crippen LogP contribution in [0.4, 0.5) is 0 Å². The first-order chi connectivity index (χ1) is 10.6. The molecule has 1 N–H and O–H groups in total. The van der Waals surface area contributed by atoms with Gasteiger partial charge >= 0.3 is 5.97 Å². The molecule has 0 aliphatic rings. The standard InChI is InChI=1S/C17H17N3O2/c1-11(17(21)22)15-12(2)20(10-13-5-3-7-18-9-13)16-14(15)6-4-8-19-16/h3-9,11H,10H2,1-2H3,(H,21,22). The van der Waals surface area contributed by atoms with E-state index in [0.29, 0.717) is 6.54 Å². The molecule has 112 valence electrons. The Labute approximate surface area is 128 Å². The monoisotopic (exact) mass is 295 g/mol. The lowest BCUT2D eigenvalue weighted by atomic mass is 9.99. The van der Waals surface area contributed by atoms with Gasteiger partial charge in [-0.2, -0.15) is 0 Å². The number of hydrogen-bond acceptors (Lipinski definition) is 3. The quantitative estimate of drug-likeness (QED) is 0.803. The van der Waals surface area contributed by atoms with Crippen molar-refractivity contribution in [2.75, 3.05) is 0 Å². The van der Waals surface area contributed by atoms with Crippen molar-refractivity contribution in [2.45, 2.75) is 26.3 Å². The van der Waals surface area contributed by atoms with Gasteiger partial charge in [0.05, 0.1) is 12.5 Å². The maximum Gasteiger partial charge on any atom is 0.310 e. The van der Waals surface area contributed by atoms with Gasteiger partial charge in [0.15, 0.2) is 0 Å². The summed E-state index contributed by atoms with van der Waals surface area (Å²) in [5, 5.41) is 10.3. The molecule has 3 rings (SSSR count). The van der Waals surface area contributed by atoms with Crippen molar-refractivity contribution in [3.8, 4) is 0 Å². The molecule has 0 aliphatic heterocycles. The third-order valence-electron chi connectivity index (χ3n) is 3.99. The molecule has 0 aromatic carbocycles. The number of rotatable bonds is 4. The van der Waals surface area contributed by atoms with Crippen molar-refractivity contribution in [2.24, 2.45) is 0 Å². The second-order valence-corrected chi connectivity index (χ2v) is 5.38. The molecule has 3 aromatic rings. The van der Waals surface area contributed by atoms with Crippen molar-refractivity contribution in [1.82, 2.24) is 14.5 Å². The molecule has 3 aromatic heterocycles. The van der Waals surface area contributed by atoms with E-state index < -0.39 is 11.9 Å². The van der Waals surface area contributed by atoms with Crippen molar-refractivity contribution in [1.29, 1.82) is 0 Å². The van der Waals surface area contributed by atoms with Crippen LogP contribution in [0.25, 0.3) is 11.0 Å². The van der Waals surface area contributed by atoms with Crippen molar-refractivity contribution in [3.63, 3.8) is 0 Å². The molecule has 0 aliphatic carbocycles. The number of carboxylic acid groups (broad SMARTS) is 1. The van der Waals surface area contributed by atoms with Crippen LogP contribution >= 0.6 is 0 Å². The van der Waals surface area contributed by atoms with Gasteiger partial charge in [0, 0.05) is 29.7 Å². The summed E-state index contributed by atoms with van der Waals surface area (Å²) in [4.78, 5) is 20.0. The van der Waals surface area contributed by atoms with Crippen LogP contribution < -0.4 is 0 Å². The van der Waals surface area contributed by atoms with Gasteiger partial charge in [-0.15, -0.1) is 0 Å². The van der Waals surface area contributed by atoms with E-state index in [2.05, 4.69) is 14.5 Å². The fraction of sp³-hybridized carbons (Fsp3) is 0.235. The molecule has 22 heavy (non-hydrogen) atoms. The molecular formula is C17H17N3O2. The molecule has 5 heteroatoms. The van der Waals surface area contributed by atoms with Gasteiger partial charge in [-0.25, -0.2) is 4.98 Å². The summed E-state index contributed by atoms with van der Waals surface area (Å²) < 4.78 is 2.06. The van der Waals surface area contributed by atoms with Crippen LogP contribution in [0.5, 0.6) is 0 Å². The van der Waals surface area contributed by atoms with Crippen LogP contribution in [-0.2, 0) is 11.3 Å². The van der Waals surface area contributed by atoms with E-state index in [-0.39, 0.29) is 0 Å². The van der Waals surface area contributed by atoms with E-state index in [1.165, 1.54) is 0 Å². The highest BCUT2D eigenvalue weighted by molar-refractivity contribution is 5.89. The van der Waals surface area contributed by atoms with E-state index in [1.807, 2.05) is 37.4 Å². The lowest BCUT2D eigenvalue weighted by molar-refractivity contribution is -0.138. The minimum atomic E-state index is -0.826. The normalized spacial score (nSPS) is 12.5. The Balaban J connectivity index is 2.18. The summed E-state index contributed by atoms with van der Waals surface area (Å²) in [5.74, 6) is -1.39. The predicted octanol–water partition coefficient (Wildman–Crippen LogP) is 2.98. The fourth-order valence-electron chi connectivity index (χ4n) is 2.86. The molecule has 0 amide bonds. The Morgan fingerprint density at radius 1 is 1.32 bits per heavy atom. The first-order valence-corrected chi connectivity index (χ1v) is 7.15. The fourth-order valence-corrected chi connectivity index (χ4v) is 2.86. The number of aromatic nitrogens is 3. The summed E-state index contributed by atoms with van der Waals surface area (Å²) in [6.45, 7) is 4.29. The Morgan fingerprint density at radius 2 is 2.09 bits per heavy atom. The zero-order chi connectivity index (χ0) is 15.7. The second-order valence-electron chi connectivity index (χ2n) is 5.38. The van der Waals surface area contributed by atoms with Crippen molar-refractivity contribution in [3.05, 3.63) is 59.7 Å². The van der Waals surface area contributed by atoms with E-state index in [1.54, 1.807) is 19.3 Å². The summed E-state index contributed by atoms with van der Waals surface area (Å²) in [6.07, 6.45) is 5.28. The average molecular weight is 295 g/mol. The highest BCUT2D eigenvalue weighted by Gasteiger charge is 2.23. The number of aliphatic carboxylic acids is 1. The molecule has 0 fully saturated rings. The lowest BCUT2D eigenvalue weighted by Crippen LogP contribution is -2.09. The summed E-state index contributed by atoms with van der Waals surface area (Å²) in [7, 11) is 0. The first kappa shape index (κ1) is 14.3. The molecule has 0 bridgehead atoms. The molecule has 3 heterocycles. The third-order valence-corrected chi connectivity index (χ3v) is 3.99. The van der Waals surface area contributed by atoms with Gasteiger partial charge in [0.2, 0.25) is 0 Å². The smallest absolute Gasteiger partial charge is 0.310 e. The minimum Gasteiger partial charge on any atom is -0.481 e. The predicted molar refractivity (Wildman–Crippen MR) is 83.9 cm³/mol. The number of fused-ring (bicyclic) bond motifs is 1. The zero-order valence-electron chi connectivity index (χ0n) is 12.5. The SMILES string of the molecule is Cc1c(C(C)C(=O)O)c2cccnc2n1Cc1cccnc1. The molecule has 1 unspecified atom stereocenters. The van der Waals surface area contributed by atoms with E-state index in [4.69, 9.17) is 0 Å². The molecule has 0 radical (unpaired) electrons. The number of carboxylic acids is 1. The van der Waals surface area contributed by atoms with Crippen LogP contribution in [0.1, 0.15) is 29.7 Å². The van der Waals surface area contributed by atoms with Gasteiger partial charge in [-0.1, -0.05) is 6.07 Å². The zero-order valence-corrected chi connectivity index (χ0v) is 12.5. The van der Waals surface area contributed by atoms with E-state index in [0.717, 1.165) is 27.9 Å². The third kappa shape index (κ3) is 2.35. The second kappa shape index (κ2) is 5.60. The minimum absolute atomic E-state index is 0.568. The van der Waals surface area contributed by atoms with Gasteiger partial charge in [0.1, 0.15) is 5.65 Å². The molecule has 0 saturated carbocycles. The number of pyridine rings is 2. The molecule has 1 atom stereocenters. The molecule has 0 spiro atoms. The molecule has 0 saturated heterocycles. The van der Waals surface area contributed by atoms with E-state index in [9.17, 15) is 9.90 Å². The van der Waals surface area contributed by atoms with Gasteiger partial charge in [0.25, 0.3) is 0 Å². The number of carbonyl (C=O) groups is 1. The first-order valence-electron chi connectivity index (χ1n) is 7.15. The van der Waals surface area contributed by atoms with Crippen LogP contribution in [0.3, 0.4) is 0 Å². The highest BCUT2D eigenvalue weighted by Crippen LogP contribution is 2.31. The van der Waals surface area contributed by atoms with Crippen molar-refractivity contribution < 1.29 is 9.90 Å². The van der Waals surface area contributed by atoms with Gasteiger partial charge in [-0.3, -0.25) is 9.78 Å². The van der Waals surface area contributed by atoms with Crippen molar-refractivity contribution >= 4 is 17.0 Å². The lowest BCUT2D eigenvalue weighted by Gasteiger charge is -2.10. The van der Waals surface area contributed by atoms with E-state index >= 15 is 0 Å².